The summed E-state index contributed by atoms with van der Waals surface area (Å²) >= 11 is 0. The molecule has 0 bridgehead atoms. The third kappa shape index (κ3) is 5.89. The fourth-order valence-corrected chi connectivity index (χ4v) is 3.49. The van der Waals surface area contributed by atoms with Crippen molar-refractivity contribution in [3.8, 4) is 5.88 Å². The first-order chi connectivity index (χ1) is 12.0. The average molecular weight is 356 g/mol. The quantitative estimate of drug-likeness (QED) is 0.448. The number of aliphatic hydroxyl groups excluding tert-OH is 1. The van der Waals surface area contributed by atoms with Gasteiger partial charge in [-0.25, -0.2) is 9.59 Å². The minimum absolute atomic E-state index is 0.212. The number of hydrogen-bond donors (Lipinski definition) is 4. The molecule has 4 N–H and O–H groups in total. The number of unbranched alkanes of at least 4 members (excludes halogenated alkanes) is 1. The molecule has 1 aliphatic carbocycles. The molecule has 1 unspecified atom stereocenters. The molecule has 0 saturated heterocycles. The van der Waals surface area contributed by atoms with Crippen molar-refractivity contribution in [1.82, 2.24) is 9.55 Å². The van der Waals surface area contributed by atoms with Crippen LogP contribution in [0.25, 0.3) is 0 Å². The highest BCUT2D eigenvalue weighted by Crippen LogP contribution is 2.30. The van der Waals surface area contributed by atoms with Crippen LogP contribution in [0, 0.1) is 5.92 Å². The number of aromatic hydroxyl groups is 1. The summed E-state index contributed by atoms with van der Waals surface area (Å²) in [7, 11) is 0. The minimum Gasteiger partial charge on any atom is -0.493 e. The van der Waals surface area contributed by atoms with E-state index in [9.17, 15) is 19.8 Å². The van der Waals surface area contributed by atoms with Gasteiger partial charge in [0.2, 0.25) is 5.88 Å². The van der Waals surface area contributed by atoms with Crippen LogP contribution in [-0.2, 0) is 16.0 Å². The topological polar surface area (TPSA) is 125 Å². The number of hydrogen-bond acceptors (Lipinski definition) is 5. The van der Waals surface area contributed by atoms with Crippen molar-refractivity contribution in [3.05, 3.63) is 16.2 Å². The second-order valence-corrected chi connectivity index (χ2v) is 6.71. The standard InChI is InChI=1S/C17H28N2O6/c20-14(9-8-12-5-1-2-6-12)19-13(16(23)18-17(19)24)7-3-4-10-25-11-15(21)22/h12,14,20,23H,1-11H2,(H,18,24)(H,21,22). The number of nitrogens with zero attached hydrogens (tertiary/aromatic N) is 1. The maximum atomic E-state index is 12.0. The van der Waals surface area contributed by atoms with Crippen LogP contribution in [0.2, 0.25) is 0 Å². The second-order valence-electron chi connectivity index (χ2n) is 6.71. The molecule has 0 aliphatic heterocycles. The van der Waals surface area contributed by atoms with Gasteiger partial charge in [-0.15, -0.1) is 0 Å². The lowest BCUT2D eigenvalue weighted by Crippen LogP contribution is -2.24. The third-order valence-corrected chi connectivity index (χ3v) is 4.79. The first-order valence-electron chi connectivity index (χ1n) is 8.99. The van der Waals surface area contributed by atoms with Crippen molar-refractivity contribution < 1.29 is 24.9 Å². The SMILES string of the molecule is O=C(O)COCCCCc1c(O)[nH]c(=O)n1C(O)CCC1CCCC1. The summed E-state index contributed by atoms with van der Waals surface area (Å²) in [5.74, 6) is -0.605. The number of aliphatic carboxylic acids is 1. The summed E-state index contributed by atoms with van der Waals surface area (Å²) in [5, 5.41) is 28.8. The van der Waals surface area contributed by atoms with Gasteiger partial charge in [0.1, 0.15) is 12.8 Å². The molecular formula is C17H28N2O6. The summed E-state index contributed by atoms with van der Waals surface area (Å²) in [4.78, 5) is 24.7. The van der Waals surface area contributed by atoms with E-state index in [4.69, 9.17) is 9.84 Å². The number of H-pyrrole nitrogens is 1. The van der Waals surface area contributed by atoms with Gasteiger partial charge in [0, 0.05) is 6.61 Å². The van der Waals surface area contributed by atoms with Crippen molar-refractivity contribution >= 4 is 5.97 Å². The molecule has 8 heteroatoms. The van der Waals surface area contributed by atoms with Gasteiger partial charge < -0.3 is 20.1 Å². The number of carboxylic acid groups (broad SMARTS) is 1. The van der Waals surface area contributed by atoms with Crippen molar-refractivity contribution in [2.75, 3.05) is 13.2 Å². The molecule has 25 heavy (non-hydrogen) atoms. The van der Waals surface area contributed by atoms with Gasteiger partial charge in [0.25, 0.3) is 0 Å². The van der Waals surface area contributed by atoms with Crippen molar-refractivity contribution in [3.63, 3.8) is 0 Å². The number of aromatic amines is 1. The van der Waals surface area contributed by atoms with Gasteiger partial charge in [-0.05, 0) is 38.0 Å². The monoisotopic (exact) mass is 356 g/mol. The van der Waals surface area contributed by atoms with Gasteiger partial charge >= 0.3 is 11.7 Å². The summed E-state index contributed by atoms with van der Waals surface area (Å²) in [5.41, 5.74) is -0.115. The van der Waals surface area contributed by atoms with E-state index in [0.29, 0.717) is 43.9 Å². The fourth-order valence-electron chi connectivity index (χ4n) is 3.49. The molecule has 0 radical (unpaired) electrons. The normalized spacial score (nSPS) is 16.4. The molecule has 1 fully saturated rings. The summed E-state index contributed by atoms with van der Waals surface area (Å²) in [6.07, 6.45) is 6.89. The Labute approximate surface area is 146 Å². The van der Waals surface area contributed by atoms with E-state index in [1.165, 1.54) is 30.3 Å². The molecule has 1 aromatic rings. The Kier molecular flexibility index (Phi) is 7.52. The zero-order valence-corrected chi connectivity index (χ0v) is 14.4. The number of carbonyl (C=O) groups is 1. The van der Waals surface area contributed by atoms with Crippen LogP contribution in [0.5, 0.6) is 5.88 Å². The summed E-state index contributed by atoms with van der Waals surface area (Å²) in [6, 6.07) is 0. The molecule has 142 valence electrons. The molecule has 1 heterocycles. The third-order valence-electron chi connectivity index (χ3n) is 4.79. The molecule has 0 amide bonds. The summed E-state index contributed by atoms with van der Waals surface area (Å²) < 4.78 is 6.19. The lowest BCUT2D eigenvalue weighted by molar-refractivity contribution is -0.142. The van der Waals surface area contributed by atoms with Crippen molar-refractivity contribution in [2.24, 2.45) is 5.92 Å². The Morgan fingerprint density at radius 3 is 2.72 bits per heavy atom. The lowest BCUT2D eigenvalue weighted by Gasteiger charge is -2.17. The Morgan fingerprint density at radius 2 is 2.04 bits per heavy atom. The minimum atomic E-state index is -1.01. The number of imidazole rings is 1. The molecular weight excluding hydrogens is 328 g/mol. The van der Waals surface area contributed by atoms with Gasteiger partial charge in [0.05, 0.1) is 5.69 Å². The summed E-state index contributed by atoms with van der Waals surface area (Å²) in [6.45, 7) is -0.0358. The van der Waals surface area contributed by atoms with Gasteiger partial charge in [-0.2, -0.15) is 0 Å². The Balaban J connectivity index is 1.85. The van der Waals surface area contributed by atoms with Gasteiger partial charge in [-0.1, -0.05) is 25.7 Å². The lowest BCUT2D eigenvalue weighted by atomic mass is 10.0. The fraction of sp³-hybridized carbons (Fsp3) is 0.765. The van der Waals surface area contributed by atoms with E-state index in [2.05, 4.69) is 4.98 Å². The highest BCUT2D eigenvalue weighted by Gasteiger charge is 2.21. The highest BCUT2D eigenvalue weighted by atomic mass is 16.5. The van der Waals surface area contributed by atoms with Crippen LogP contribution in [0.4, 0.5) is 0 Å². The van der Waals surface area contributed by atoms with E-state index >= 15 is 0 Å². The molecule has 1 aromatic heterocycles. The number of aromatic nitrogens is 2. The molecule has 1 atom stereocenters. The van der Waals surface area contributed by atoms with E-state index < -0.39 is 17.9 Å². The first-order valence-corrected chi connectivity index (χ1v) is 8.99. The van der Waals surface area contributed by atoms with Crippen LogP contribution in [0.3, 0.4) is 0 Å². The van der Waals surface area contributed by atoms with Crippen LogP contribution < -0.4 is 5.69 Å². The molecule has 0 aromatic carbocycles. The van der Waals surface area contributed by atoms with Crippen LogP contribution >= 0.6 is 0 Å². The van der Waals surface area contributed by atoms with Crippen LogP contribution in [0.15, 0.2) is 4.79 Å². The number of ether oxygens (including phenoxy) is 1. The van der Waals surface area contributed by atoms with Gasteiger partial charge in [0.15, 0.2) is 0 Å². The number of rotatable bonds is 11. The maximum Gasteiger partial charge on any atom is 0.330 e. The number of nitrogens with one attached hydrogen (secondary N) is 1. The smallest absolute Gasteiger partial charge is 0.330 e. The van der Waals surface area contributed by atoms with E-state index in [0.717, 1.165) is 6.42 Å². The van der Waals surface area contributed by atoms with E-state index in [1.807, 2.05) is 0 Å². The molecule has 2 rings (SSSR count). The zero-order chi connectivity index (χ0) is 18.2. The predicted molar refractivity (Wildman–Crippen MR) is 90.6 cm³/mol. The largest absolute Gasteiger partial charge is 0.493 e. The second kappa shape index (κ2) is 9.62. The maximum absolute atomic E-state index is 12.0. The molecule has 1 saturated carbocycles. The molecule has 8 nitrogen and oxygen atoms in total. The van der Waals surface area contributed by atoms with Gasteiger partial charge in [-0.3, -0.25) is 9.55 Å². The highest BCUT2D eigenvalue weighted by molar-refractivity contribution is 5.67. The van der Waals surface area contributed by atoms with E-state index in [1.54, 1.807) is 0 Å². The van der Waals surface area contributed by atoms with E-state index in [-0.39, 0.29) is 12.5 Å². The Hall–Kier alpha value is -1.80. The van der Waals surface area contributed by atoms with Crippen molar-refractivity contribution in [2.45, 2.75) is 64.0 Å². The number of aliphatic hydroxyl groups is 1. The first kappa shape index (κ1) is 19.5. The number of carboxylic acids is 1. The molecule has 1 aliphatic rings. The predicted octanol–water partition coefficient (Wildman–Crippen LogP) is 1.77. The average Bonchev–Trinajstić information content (AvgIpc) is 3.16. The zero-order valence-electron chi connectivity index (χ0n) is 14.4. The molecule has 0 spiro atoms. The van der Waals surface area contributed by atoms with Crippen LogP contribution in [0.1, 0.15) is 63.3 Å². The van der Waals surface area contributed by atoms with Crippen LogP contribution in [-0.4, -0.2) is 44.1 Å². The van der Waals surface area contributed by atoms with Crippen molar-refractivity contribution in [1.29, 1.82) is 0 Å². The Morgan fingerprint density at radius 1 is 1.32 bits per heavy atom. The Bertz CT molecular complexity index is 603.